The lowest BCUT2D eigenvalue weighted by atomic mass is 10.1. The Morgan fingerprint density at radius 2 is 1.94 bits per heavy atom. The smallest absolute Gasteiger partial charge is 0.277 e. The molecule has 1 aliphatic heterocycles. The number of hydrogen-bond donors (Lipinski definition) is 3. The SMILES string of the molecule is CC(=O)N[C@@H]1CCCN(c2c(NC(=O)c3nc(-c4c(F)cccc4F)sc3N)cnn2C)CC1. The molecule has 0 spiro atoms. The van der Waals surface area contributed by atoms with Gasteiger partial charge in [-0.05, 0) is 31.4 Å². The van der Waals surface area contributed by atoms with Crippen LogP contribution in [-0.2, 0) is 11.8 Å². The lowest BCUT2D eigenvalue weighted by Crippen LogP contribution is -2.34. The van der Waals surface area contributed by atoms with Gasteiger partial charge >= 0.3 is 0 Å². The van der Waals surface area contributed by atoms with Crippen molar-refractivity contribution in [1.82, 2.24) is 20.1 Å². The van der Waals surface area contributed by atoms with Gasteiger partial charge in [-0.15, -0.1) is 0 Å². The fraction of sp³-hybridized carbons (Fsp3) is 0.364. The number of benzene rings is 1. The highest BCUT2D eigenvalue weighted by Gasteiger charge is 2.25. The minimum Gasteiger partial charge on any atom is -0.389 e. The first-order valence-electron chi connectivity index (χ1n) is 10.8. The number of amides is 2. The number of nitrogens with one attached hydrogen (secondary N) is 2. The van der Waals surface area contributed by atoms with Crippen molar-refractivity contribution in [3.63, 3.8) is 0 Å². The topological polar surface area (TPSA) is 118 Å². The van der Waals surface area contributed by atoms with Crippen LogP contribution < -0.4 is 21.3 Å². The van der Waals surface area contributed by atoms with Crippen LogP contribution in [0.5, 0.6) is 0 Å². The average Bonchev–Trinajstić information content (AvgIpc) is 3.23. The Labute approximate surface area is 199 Å². The van der Waals surface area contributed by atoms with E-state index >= 15 is 0 Å². The predicted octanol–water partition coefficient (Wildman–Crippen LogP) is 3.15. The standard InChI is InChI=1S/C22H25F2N7O2S/c1-12(32)27-13-5-4-9-31(10-8-13)22-16(11-26-30(22)2)28-20(33)18-19(25)34-21(29-18)17-14(23)6-3-7-15(17)24/h3,6-7,11,13H,4-5,8-10,25H2,1-2H3,(H,27,32)(H,28,33)/t13-/m1/s1. The van der Waals surface area contributed by atoms with Crippen LogP contribution in [0.15, 0.2) is 24.4 Å². The molecule has 180 valence electrons. The van der Waals surface area contributed by atoms with Gasteiger partial charge in [-0.2, -0.15) is 5.10 Å². The number of aromatic nitrogens is 3. The Balaban J connectivity index is 1.54. The molecule has 0 bridgehead atoms. The molecule has 4 rings (SSSR count). The van der Waals surface area contributed by atoms with Crippen LogP contribution in [0.3, 0.4) is 0 Å². The molecule has 1 aliphatic rings. The van der Waals surface area contributed by atoms with Crippen molar-refractivity contribution in [2.45, 2.75) is 32.2 Å². The van der Waals surface area contributed by atoms with E-state index in [9.17, 15) is 18.4 Å². The van der Waals surface area contributed by atoms with E-state index in [2.05, 4.69) is 25.6 Å². The fourth-order valence-corrected chi connectivity index (χ4v) is 5.00. The molecule has 0 aliphatic carbocycles. The molecule has 0 unspecified atom stereocenters. The molecule has 3 heterocycles. The van der Waals surface area contributed by atoms with E-state index in [0.29, 0.717) is 18.1 Å². The summed E-state index contributed by atoms with van der Waals surface area (Å²) in [7, 11) is 1.78. The van der Waals surface area contributed by atoms with Crippen molar-refractivity contribution >= 4 is 39.7 Å². The molecule has 3 aromatic rings. The monoisotopic (exact) mass is 489 g/mol. The lowest BCUT2D eigenvalue weighted by molar-refractivity contribution is -0.119. The normalized spacial score (nSPS) is 16.2. The molecule has 0 saturated carbocycles. The summed E-state index contributed by atoms with van der Waals surface area (Å²) in [4.78, 5) is 30.6. The molecule has 2 amide bonds. The Bertz CT molecular complexity index is 1210. The van der Waals surface area contributed by atoms with Crippen LogP contribution in [-0.4, -0.2) is 45.7 Å². The number of carbonyl (C=O) groups is 2. The quantitative estimate of drug-likeness (QED) is 0.507. The lowest BCUT2D eigenvalue weighted by Gasteiger charge is -2.24. The van der Waals surface area contributed by atoms with Gasteiger partial charge in [0.15, 0.2) is 11.5 Å². The summed E-state index contributed by atoms with van der Waals surface area (Å²) in [5, 5.41) is 10.1. The number of hydrogen-bond acceptors (Lipinski definition) is 7. The molecule has 12 heteroatoms. The largest absolute Gasteiger partial charge is 0.389 e. The van der Waals surface area contributed by atoms with E-state index in [1.807, 2.05) is 0 Å². The zero-order chi connectivity index (χ0) is 24.4. The minimum absolute atomic E-state index is 0.0128. The fourth-order valence-electron chi connectivity index (χ4n) is 4.12. The molecule has 1 fully saturated rings. The van der Waals surface area contributed by atoms with E-state index in [4.69, 9.17) is 5.73 Å². The molecule has 0 radical (unpaired) electrons. The van der Waals surface area contributed by atoms with Gasteiger partial charge < -0.3 is 21.3 Å². The van der Waals surface area contributed by atoms with Crippen molar-refractivity contribution < 1.29 is 18.4 Å². The second kappa shape index (κ2) is 9.75. The summed E-state index contributed by atoms with van der Waals surface area (Å²) in [6.45, 7) is 2.91. The first kappa shape index (κ1) is 23.6. The zero-order valence-corrected chi connectivity index (χ0v) is 19.6. The number of halogens is 2. The van der Waals surface area contributed by atoms with Crippen molar-refractivity contribution in [3.8, 4) is 10.6 Å². The predicted molar refractivity (Wildman–Crippen MR) is 127 cm³/mol. The molecule has 1 saturated heterocycles. The highest BCUT2D eigenvalue weighted by molar-refractivity contribution is 7.19. The summed E-state index contributed by atoms with van der Waals surface area (Å²) < 4.78 is 30.0. The van der Waals surface area contributed by atoms with Gasteiger partial charge in [-0.1, -0.05) is 17.4 Å². The maximum Gasteiger partial charge on any atom is 0.277 e. The third-order valence-electron chi connectivity index (χ3n) is 5.64. The number of nitrogens with zero attached hydrogens (tertiary/aromatic N) is 4. The van der Waals surface area contributed by atoms with E-state index in [-0.39, 0.29) is 33.2 Å². The highest BCUT2D eigenvalue weighted by Crippen LogP contribution is 2.34. The third-order valence-corrected chi connectivity index (χ3v) is 6.54. The summed E-state index contributed by atoms with van der Waals surface area (Å²) in [6, 6.07) is 3.59. The molecule has 1 aromatic carbocycles. The third kappa shape index (κ3) is 4.86. The maximum atomic E-state index is 14.2. The molecular formula is C22H25F2N7O2S. The summed E-state index contributed by atoms with van der Waals surface area (Å²) in [5.41, 5.74) is 6.02. The summed E-state index contributed by atoms with van der Waals surface area (Å²) >= 11 is 0.840. The van der Waals surface area contributed by atoms with Gasteiger partial charge in [0.1, 0.15) is 27.3 Å². The number of carbonyl (C=O) groups excluding carboxylic acids is 2. The van der Waals surface area contributed by atoms with Gasteiger partial charge in [0, 0.05) is 33.1 Å². The van der Waals surface area contributed by atoms with Crippen molar-refractivity contribution in [2.75, 3.05) is 29.0 Å². The van der Waals surface area contributed by atoms with Gasteiger partial charge in [0.05, 0.1) is 11.8 Å². The highest BCUT2D eigenvalue weighted by atomic mass is 32.1. The Morgan fingerprint density at radius 3 is 2.65 bits per heavy atom. The van der Waals surface area contributed by atoms with Gasteiger partial charge in [-0.3, -0.25) is 14.3 Å². The van der Waals surface area contributed by atoms with Gasteiger partial charge in [-0.25, -0.2) is 13.8 Å². The molecular weight excluding hydrogens is 464 g/mol. The molecule has 2 aromatic heterocycles. The van der Waals surface area contributed by atoms with Crippen LogP contribution in [0.2, 0.25) is 0 Å². The number of nitrogens with two attached hydrogens (primary N) is 1. The van der Waals surface area contributed by atoms with Crippen LogP contribution in [0.4, 0.5) is 25.3 Å². The number of aryl methyl sites for hydroxylation is 1. The van der Waals surface area contributed by atoms with Crippen molar-refractivity contribution in [3.05, 3.63) is 41.7 Å². The Hall–Kier alpha value is -3.54. The molecule has 1 atom stereocenters. The Kier molecular flexibility index (Phi) is 6.77. The number of anilines is 3. The molecule has 4 N–H and O–H groups in total. The number of rotatable bonds is 5. The van der Waals surface area contributed by atoms with Crippen molar-refractivity contribution in [1.29, 1.82) is 0 Å². The number of thiazole rings is 1. The Morgan fingerprint density at radius 1 is 1.21 bits per heavy atom. The molecule has 9 nitrogen and oxygen atoms in total. The molecule has 34 heavy (non-hydrogen) atoms. The van der Waals surface area contributed by atoms with Gasteiger partial charge in [0.2, 0.25) is 5.91 Å². The second-order valence-electron chi connectivity index (χ2n) is 8.10. The van der Waals surface area contributed by atoms with E-state index < -0.39 is 17.5 Å². The minimum atomic E-state index is -0.783. The van der Waals surface area contributed by atoms with Gasteiger partial charge in [0.25, 0.3) is 5.91 Å². The van der Waals surface area contributed by atoms with E-state index in [1.165, 1.54) is 19.2 Å². The van der Waals surface area contributed by atoms with Crippen LogP contribution in [0.1, 0.15) is 36.7 Å². The summed E-state index contributed by atoms with van der Waals surface area (Å²) in [5.74, 6) is -1.51. The summed E-state index contributed by atoms with van der Waals surface area (Å²) in [6.07, 6.45) is 4.01. The van der Waals surface area contributed by atoms with Crippen molar-refractivity contribution in [2.24, 2.45) is 7.05 Å². The maximum absolute atomic E-state index is 14.2. The number of nitrogen functional groups attached to an aromatic ring is 1. The zero-order valence-electron chi connectivity index (χ0n) is 18.8. The van der Waals surface area contributed by atoms with Crippen LogP contribution in [0.25, 0.3) is 10.6 Å². The van der Waals surface area contributed by atoms with E-state index in [1.54, 1.807) is 11.7 Å². The van der Waals surface area contributed by atoms with Crippen LogP contribution >= 0.6 is 11.3 Å². The second-order valence-corrected chi connectivity index (χ2v) is 9.13. The van der Waals surface area contributed by atoms with Crippen LogP contribution in [0, 0.1) is 11.6 Å². The first-order chi connectivity index (χ1) is 16.2. The first-order valence-corrected chi connectivity index (χ1v) is 11.6. The average molecular weight is 490 g/mol. The van der Waals surface area contributed by atoms with E-state index in [0.717, 1.165) is 49.3 Å².